The maximum absolute atomic E-state index is 14.5. The summed E-state index contributed by atoms with van der Waals surface area (Å²) < 4.78 is 17.5. The molecule has 3 aromatic carbocycles. The minimum Gasteiger partial charge on any atom is -0.342 e. The van der Waals surface area contributed by atoms with Gasteiger partial charge in [0.05, 0.1) is 17.1 Å². The van der Waals surface area contributed by atoms with Crippen molar-refractivity contribution in [1.29, 1.82) is 0 Å². The van der Waals surface area contributed by atoms with Crippen LogP contribution < -0.4 is 0 Å². The molecule has 2 aliphatic rings. The van der Waals surface area contributed by atoms with E-state index in [1.54, 1.807) is 6.07 Å². The molecule has 0 radical (unpaired) electrons. The Balaban J connectivity index is 1.43. The van der Waals surface area contributed by atoms with Crippen molar-refractivity contribution >= 4 is 61.4 Å². The van der Waals surface area contributed by atoms with E-state index in [4.69, 9.17) is 4.99 Å². The number of benzene rings is 3. The fourth-order valence-corrected chi connectivity index (χ4v) is 7.08. The van der Waals surface area contributed by atoms with Crippen molar-refractivity contribution in [2.75, 3.05) is 0 Å². The van der Waals surface area contributed by atoms with Gasteiger partial charge in [-0.2, -0.15) is 0 Å². The molecule has 2 heterocycles. The second-order valence-electron chi connectivity index (χ2n) is 10.7. The number of thioether (sulfide) groups is 1. The predicted octanol–water partition coefficient (Wildman–Crippen LogP) is 9.14. The summed E-state index contributed by atoms with van der Waals surface area (Å²) in [6.45, 7) is 4.58. The lowest BCUT2D eigenvalue weighted by molar-refractivity contribution is -0.124. The van der Waals surface area contributed by atoms with Gasteiger partial charge >= 0.3 is 0 Å². The van der Waals surface area contributed by atoms with Crippen LogP contribution in [-0.2, 0) is 11.3 Å². The molecule has 4 nitrogen and oxygen atoms in total. The van der Waals surface area contributed by atoms with E-state index in [1.807, 2.05) is 53.6 Å². The molecule has 2 fully saturated rings. The largest absolute Gasteiger partial charge is 0.342 e. The summed E-state index contributed by atoms with van der Waals surface area (Å²) in [7, 11) is 0. The highest BCUT2D eigenvalue weighted by Crippen LogP contribution is 2.40. The highest BCUT2D eigenvalue weighted by Gasteiger charge is 2.39. The van der Waals surface area contributed by atoms with Crippen molar-refractivity contribution in [3.05, 3.63) is 104 Å². The number of nitrogens with zero attached hydrogens (tertiary/aromatic N) is 3. The summed E-state index contributed by atoms with van der Waals surface area (Å²) in [5, 5.41) is 1.77. The molecule has 0 spiro atoms. The minimum atomic E-state index is -0.224. The zero-order valence-corrected chi connectivity index (χ0v) is 25.1. The Bertz CT molecular complexity index is 1670. The molecular weight excluding hydrogens is 585 g/mol. The molecule has 0 N–H and O–H groups in total. The van der Waals surface area contributed by atoms with Crippen molar-refractivity contribution in [2.24, 2.45) is 4.99 Å². The number of carbonyl (C=O) groups excluding carboxylic acids is 1. The number of aromatic nitrogens is 1. The molecule has 1 aliphatic heterocycles. The summed E-state index contributed by atoms with van der Waals surface area (Å²) >= 11 is 5.07. The first-order chi connectivity index (χ1) is 19.4. The Hall–Kier alpha value is -3.16. The number of amides is 1. The summed E-state index contributed by atoms with van der Waals surface area (Å²) in [6, 6.07) is 19.3. The van der Waals surface area contributed by atoms with Crippen LogP contribution in [0.25, 0.3) is 17.0 Å². The molecule has 1 saturated carbocycles. The molecule has 40 heavy (non-hydrogen) atoms. The number of aliphatic imine (C=N–C) groups is 1. The van der Waals surface area contributed by atoms with Gasteiger partial charge in [-0.3, -0.25) is 9.69 Å². The van der Waals surface area contributed by atoms with Crippen LogP contribution >= 0.6 is 27.7 Å². The van der Waals surface area contributed by atoms with Crippen LogP contribution in [0.3, 0.4) is 0 Å². The van der Waals surface area contributed by atoms with E-state index >= 15 is 0 Å². The second kappa shape index (κ2) is 11.4. The lowest BCUT2D eigenvalue weighted by Gasteiger charge is -2.30. The number of amidine groups is 1. The van der Waals surface area contributed by atoms with Gasteiger partial charge in [0, 0.05) is 38.7 Å². The first kappa shape index (κ1) is 27.0. The maximum Gasteiger partial charge on any atom is 0.267 e. The smallest absolute Gasteiger partial charge is 0.267 e. The first-order valence-electron chi connectivity index (χ1n) is 13.8. The lowest BCUT2D eigenvalue weighted by Crippen LogP contribution is -2.40. The molecule has 4 aromatic rings. The van der Waals surface area contributed by atoms with Gasteiger partial charge in [0.1, 0.15) is 5.82 Å². The monoisotopic (exact) mass is 615 g/mol. The fourth-order valence-electron chi connectivity index (χ4n) is 5.68. The summed E-state index contributed by atoms with van der Waals surface area (Å²) in [6.07, 6.45) is 9.49. The summed E-state index contributed by atoms with van der Waals surface area (Å²) in [5.74, 6) is -0.204. The number of hydrogen-bond acceptors (Lipinski definition) is 3. The van der Waals surface area contributed by atoms with Crippen molar-refractivity contribution in [2.45, 2.75) is 58.5 Å². The zero-order valence-electron chi connectivity index (χ0n) is 22.7. The van der Waals surface area contributed by atoms with E-state index in [-0.39, 0.29) is 17.8 Å². The van der Waals surface area contributed by atoms with E-state index in [1.165, 1.54) is 29.8 Å². The van der Waals surface area contributed by atoms with E-state index in [9.17, 15) is 9.18 Å². The molecule has 1 aliphatic carbocycles. The van der Waals surface area contributed by atoms with Crippen LogP contribution in [0.2, 0.25) is 0 Å². The number of carbonyl (C=O) groups is 1. The standard InChI is InChI=1S/C33H31BrFN3OS/c1-21-9-8-14-29(22(21)2)36-33-38(26-11-4-3-5-12-26)32(39)31(40-33)17-24-20-37(19-23-10-6-7-13-28(23)35)30-16-15-25(34)18-27(24)30/h6-10,13-18,20,26H,3-5,11-12,19H2,1-2H3/b31-17-,36-33?. The molecular formula is C33H31BrFN3OS. The minimum absolute atomic E-state index is 0.0194. The van der Waals surface area contributed by atoms with Gasteiger partial charge in [0.25, 0.3) is 5.91 Å². The Labute approximate surface area is 247 Å². The zero-order chi connectivity index (χ0) is 27.8. The van der Waals surface area contributed by atoms with E-state index in [0.29, 0.717) is 17.0 Å². The average molecular weight is 617 g/mol. The lowest BCUT2D eigenvalue weighted by atomic mass is 9.94. The van der Waals surface area contributed by atoms with Crippen LogP contribution in [-0.4, -0.2) is 26.6 Å². The second-order valence-corrected chi connectivity index (χ2v) is 12.6. The molecule has 0 bridgehead atoms. The van der Waals surface area contributed by atoms with Crippen LogP contribution in [0.15, 0.2) is 81.2 Å². The van der Waals surface area contributed by atoms with Crippen LogP contribution in [0.4, 0.5) is 10.1 Å². The highest BCUT2D eigenvalue weighted by molar-refractivity contribution is 9.10. The normalized spacial score (nSPS) is 18.5. The third-order valence-electron chi connectivity index (χ3n) is 8.03. The number of aryl methyl sites for hydroxylation is 1. The predicted molar refractivity (Wildman–Crippen MR) is 167 cm³/mol. The molecule has 0 atom stereocenters. The fraction of sp³-hybridized carbons (Fsp3) is 0.273. The maximum atomic E-state index is 14.5. The molecule has 6 rings (SSSR count). The van der Waals surface area contributed by atoms with Gasteiger partial charge in [-0.1, -0.05) is 65.5 Å². The summed E-state index contributed by atoms with van der Waals surface area (Å²) in [5.41, 5.74) is 5.76. The Morgan fingerprint density at radius 3 is 2.65 bits per heavy atom. The van der Waals surface area contributed by atoms with Gasteiger partial charge in [0.2, 0.25) is 0 Å². The molecule has 204 valence electrons. The molecule has 0 unspecified atom stereocenters. The topological polar surface area (TPSA) is 37.6 Å². The van der Waals surface area contributed by atoms with E-state index in [0.717, 1.165) is 63.0 Å². The molecule has 7 heteroatoms. The number of rotatable bonds is 5. The van der Waals surface area contributed by atoms with Crippen molar-refractivity contribution in [3.63, 3.8) is 0 Å². The van der Waals surface area contributed by atoms with Crippen molar-refractivity contribution in [3.8, 4) is 0 Å². The third-order valence-corrected chi connectivity index (χ3v) is 9.50. The first-order valence-corrected chi connectivity index (χ1v) is 15.4. The van der Waals surface area contributed by atoms with E-state index < -0.39 is 0 Å². The quantitative estimate of drug-likeness (QED) is 0.210. The SMILES string of the molecule is Cc1cccc(N=C2S/C(=C\c3cn(Cc4ccccc4F)c4ccc(Br)cc34)C(=O)N2C2CCCCC2)c1C. The van der Waals surface area contributed by atoms with Gasteiger partial charge in [-0.25, -0.2) is 9.38 Å². The Morgan fingerprint density at radius 2 is 1.85 bits per heavy atom. The number of hydrogen-bond donors (Lipinski definition) is 0. The summed E-state index contributed by atoms with van der Waals surface area (Å²) in [4.78, 5) is 21.7. The Morgan fingerprint density at radius 1 is 1.05 bits per heavy atom. The Kier molecular flexibility index (Phi) is 7.69. The molecule has 1 saturated heterocycles. The molecule has 1 amide bonds. The van der Waals surface area contributed by atoms with Crippen molar-refractivity contribution in [1.82, 2.24) is 9.47 Å². The van der Waals surface area contributed by atoms with Gasteiger partial charge < -0.3 is 4.57 Å². The molecule has 1 aromatic heterocycles. The highest BCUT2D eigenvalue weighted by atomic mass is 79.9. The van der Waals surface area contributed by atoms with Gasteiger partial charge in [-0.15, -0.1) is 0 Å². The van der Waals surface area contributed by atoms with Crippen LogP contribution in [0.1, 0.15) is 54.4 Å². The third kappa shape index (κ3) is 5.29. The number of fused-ring (bicyclic) bond motifs is 1. The van der Waals surface area contributed by atoms with Crippen molar-refractivity contribution < 1.29 is 9.18 Å². The number of halogens is 2. The van der Waals surface area contributed by atoms with Gasteiger partial charge in [-0.05, 0) is 86.0 Å². The van der Waals surface area contributed by atoms with Crippen LogP contribution in [0.5, 0.6) is 0 Å². The average Bonchev–Trinajstić information content (AvgIpc) is 3.44. The van der Waals surface area contributed by atoms with E-state index in [2.05, 4.69) is 46.5 Å². The van der Waals surface area contributed by atoms with Crippen LogP contribution in [0, 0.1) is 19.7 Å². The van der Waals surface area contributed by atoms with Gasteiger partial charge in [0.15, 0.2) is 5.17 Å².